The summed E-state index contributed by atoms with van der Waals surface area (Å²) in [5.74, 6) is -0.873. The van der Waals surface area contributed by atoms with Crippen LogP contribution >= 0.6 is 11.3 Å². The minimum Gasteiger partial charge on any atom is -0.493 e. The van der Waals surface area contributed by atoms with Crippen molar-refractivity contribution >= 4 is 22.9 Å². The van der Waals surface area contributed by atoms with Crippen LogP contribution in [-0.2, 0) is 0 Å². The first-order valence-electron chi connectivity index (χ1n) is 7.42. The van der Waals surface area contributed by atoms with Crippen LogP contribution in [0.2, 0.25) is 0 Å². The Balaban J connectivity index is 1.70. The molecule has 0 N–H and O–H groups in total. The molecule has 1 aromatic carbocycles. The Hall–Kier alpha value is -2.45. The summed E-state index contributed by atoms with van der Waals surface area (Å²) >= 11 is 1.36. The van der Waals surface area contributed by atoms with E-state index in [9.17, 15) is 14.9 Å². The van der Waals surface area contributed by atoms with Crippen LogP contribution in [-0.4, -0.2) is 18.2 Å². The molecule has 0 bridgehead atoms. The number of carbonyl (C=O) groups is 2. The first-order chi connectivity index (χ1) is 11.2. The monoisotopic (exact) mass is 325 g/mol. The van der Waals surface area contributed by atoms with E-state index in [2.05, 4.69) is 0 Å². The molecule has 116 valence electrons. The highest BCUT2D eigenvalue weighted by atomic mass is 32.1. The van der Waals surface area contributed by atoms with Crippen molar-refractivity contribution in [2.24, 2.45) is 11.8 Å². The maximum Gasteiger partial charge on any atom is 0.188 e. The second kappa shape index (κ2) is 6.76. The fourth-order valence-electron chi connectivity index (χ4n) is 2.19. The summed E-state index contributed by atoms with van der Waals surface area (Å²) in [6, 6.07) is 10.1. The van der Waals surface area contributed by atoms with Crippen LogP contribution in [0.15, 0.2) is 41.1 Å². The Bertz CT molecular complexity index is 740. The first kappa shape index (κ1) is 15.4. The van der Waals surface area contributed by atoms with Gasteiger partial charge in [0, 0.05) is 16.5 Å². The standard InChI is InChI=1S/C18H15NO3S/c19-9-16(18(21)14-7-8-23-11-14)17(20)13-3-5-15(6-4-13)22-10-12-1-2-12/h3-8,11-12,16H,1-2,10H2/t16-/m0/s1. The maximum absolute atomic E-state index is 12.4. The van der Waals surface area contributed by atoms with Crippen molar-refractivity contribution in [3.63, 3.8) is 0 Å². The SMILES string of the molecule is N#C[C@@H](C(=O)c1ccc(OCC2CC2)cc1)C(=O)c1ccsc1. The molecule has 1 saturated carbocycles. The lowest BCUT2D eigenvalue weighted by Gasteiger charge is -2.08. The Morgan fingerprint density at radius 3 is 2.43 bits per heavy atom. The van der Waals surface area contributed by atoms with E-state index in [1.165, 1.54) is 24.2 Å². The fraction of sp³-hybridized carbons (Fsp3) is 0.278. The molecular formula is C18H15NO3S. The largest absolute Gasteiger partial charge is 0.493 e. The number of ether oxygens (including phenoxy) is 1. The van der Waals surface area contributed by atoms with Crippen LogP contribution in [0.4, 0.5) is 0 Å². The normalized spacial score (nSPS) is 14.7. The van der Waals surface area contributed by atoms with E-state index in [0.717, 1.165) is 0 Å². The smallest absolute Gasteiger partial charge is 0.188 e. The van der Waals surface area contributed by atoms with Gasteiger partial charge in [-0.15, -0.1) is 0 Å². The molecule has 1 aromatic heterocycles. The van der Waals surface area contributed by atoms with Gasteiger partial charge in [-0.3, -0.25) is 9.59 Å². The van der Waals surface area contributed by atoms with E-state index in [1.54, 1.807) is 41.1 Å². The second-order valence-electron chi connectivity index (χ2n) is 5.58. The number of carbonyl (C=O) groups excluding carboxylic acids is 2. The van der Waals surface area contributed by atoms with Crippen molar-refractivity contribution < 1.29 is 14.3 Å². The zero-order valence-corrected chi connectivity index (χ0v) is 13.2. The lowest BCUT2D eigenvalue weighted by atomic mass is 9.92. The fourth-order valence-corrected chi connectivity index (χ4v) is 2.83. The molecule has 0 spiro atoms. The van der Waals surface area contributed by atoms with E-state index < -0.39 is 17.5 Å². The van der Waals surface area contributed by atoms with Crippen molar-refractivity contribution in [1.29, 1.82) is 5.26 Å². The van der Waals surface area contributed by atoms with Gasteiger partial charge in [0.05, 0.1) is 12.7 Å². The zero-order chi connectivity index (χ0) is 16.2. The number of nitriles is 1. The van der Waals surface area contributed by atoms with Gasteiger partial charge in [-0.25, -0.2) is 0 Å². The van der Waals surface area contributed by atoms with Gasteiger partial charge in [0.2, 0.25) is 0 Å². The van der Waals surface area contributed by atoms with Crippen LogP contribution in [0.25, 0.3) is 0 Å². The lowest BCUT2D eigenvalue weighted by molar-refractivity contribution is 0.0846. The molecule has 2 aromatic rings. The van der Waals surface area contributed by atoms with Gasteiger partial charge < -0.3 is 4.74 Å². The molecule has 0 amide bonds. The molecule has 3 rings (SSSR count). The van der Waals surface area contributed by atoms with E-state index in [4.69, 9.17) is 4.74 Å². The number of benzene rings is 1. The van der Waals surface area contributed by atoms with Gasteiger partial charge in [0.1, 0.15) is 5.75 Å². The number of thiophene rings is 1. The molecule has 0 aliphatic heterocycles. The summed E-state index contributed by atoms with van der Waals surface area (Å²) in [6.07, 6.45) is 2.43. The molecule has 0 radical (unpaired) electrons. The summed E-state index contributed by atoms with van der Waals surface area (Å²) in [5.41, 5.74) is 0.748. The van der Waals surface area contributed by atoms with Crippen molar-refractivity contribution in [3.8, 4) is 11.8 Å². The van der Waals surface area contributed by atoms with Crippen LogP contribution in [0.5, 0.6) is 5.75 Å². The molecule has 4 nitrogen and oxygen atoms in total. The van der Waals surface area contributed by atoms with E-state index >= 15 is 0 Å². The molecule has 1 aliphatic rings. The summed E-state index contributed by atoms with van der Waals surface area (Å²) in [4.78, 5) is 24.7. The summed E-state index contributed by atoms with van der Waals surface area (Å²) in [6.45, 7) is 0.699. The minimum absolute atomic E-state index is 0.346. The number of Topliss-reactive ketones (excluding diaryl/α,β-unsaturated/α-hetero) is 2. The van der Waals surface area contributed by atoms with Crippen molar-refractivity contribution in [1.82, 2.24) is 0 Å². The molecule has 1 fully saturated rings. The molecule has 1 heterocycles. The molecule has 0 saturated heterocycles. The average molecular weight is 325 g/mol. The average Bonchev–Trinajstić information content (AvgIpc) is 3.24. The highest BCUT2D eigenvalue weighted by molar-refractivity contribution is 7.08. The van der Waals surface area contributed by atoms with Gasteiger partial charge in [-0.05, 0) is 54.5 Å². The van der Waals surface area contributed by atoms with E-state index in [0.29, 0.717) is 29.4 Å². The maximum atomic E-state index is 12.4. The highest BCUT2D eigenvalue weighted by Gasteiger charge is 2.28. The Kier molecular flexibility index (Phi) is 4.54. The van der Waals surface area contributed by atoms with Crippen molar-refractivity contribution in [3.05, 3.63) is 52.2 Å². The van der Waals surface area contributed by atoms with Gasteiger partial charge in [0.25, 0.3) is 0 Å². The molecular weight excluding hydrogens is 310 g/mol. The second-order valence-corrected chi connectivity index (χ2v) is 6.36. The van der Waals surface area contributed by atoms with Crippen LogP contribution < -0.4 is 4.74 Å². The van der Waals surface area contributed by atoms with Crippen LogP contribution in [0, 0.1) is 23.2 Å². The van der Waals surface area contributed by atoms with Gasteiger partial charge in [-0.2, -0.15) is 16.6 Å². The van der Waals surface area contributed by atoms with Crippen LogP contribution in [0.3, 0.4) is 0 Å². The minimum atomic E-state index is -1.30. The zero-order valence-electron chi connectivity index (χ0n) is 12.4. The summed E-state index contributed by atoms with van der Waals surface area (Å²) in [7, 11) is 0. The van der Waals surface area contributed by atoms with Crippen LogP contribution in [0.1, 0.15) is 33.6 Å². The number of rotatable bonds is 7. The number of ketones is 2. The lowest BCUT2D eigenvalue weighted by Crippen LogP contribution is -2.22. The Morgan fingerprint density at radius 1 is 1.17 bits per heavy atom. The molecule has 1 aliphatic carbocycles. The van der Waals surface area contributed by atoms with E-state index in [-0.39, 0.29) is 0 Å². The summed E-state index contributed by atoms with van der Waals surface area (Å²) in [5, 5.41) is 12.6. The third kappa shape index (κ3) is 3.66. The van der Waals surface area contributed by atoms with E-state index in [1.807, 2.05) is 6.07 Å². The highest BCUT2D eigenvalue weighted by Crippen LogP contribution is 2.29. The third-order valence-corrected chi connectivity index (χ3v) is 4.46. The predicted molar refractivity (Wildman–Crippen MR) is 86.7 cm³/mol. The topological polar surface area (TPSA) is 67.2 Å². The Morgan fingerprint density at radius 2 is 1.87 bits per heavy atom. The third-order valence-electron chi connectivity index (χ3n) is 3.78. The van der Waals surface area contributed by atoms with Gasteiger partial charge >= 0.3 is 0 Å². The van der Waals surface area contributed by atoms with Crippen molar-refractivity contribution in [2.75, 3.05) is 6.61 Å². The van der Waals surface area contributed by atoms with Gasteiger partial charge in [-0.1, -0.05) is 0 Å². The number of hydrogen-bond donors (Lipinski definition) is 0. The van der Waals surface area contributed by atoms with Gasteiger partial charge in [0.15, 0.2) is 17.5 Å². The summed E-state index contributed by atoms with van der Waals surface area (Å²) < 4.78 is 5.62. The molecule has 1 atom stereocenters. The predicted octanol–water partition coefficient (Wildman–Crippen LogP) is 3.74. The number of hydrogen-bond acceptors (Lipinski definition) is 5. The molecule has 23 heavy (non-hydrogen) atoms. The first-order valence-corrected chi connectivity index (χ1v) is 8.36. The Labute approximate surface area is 138 Å². The quantitative estimate of drug-likeness (QED) is 0.574. The molecule has 5 heteroatoms. The number of nitrogens with zero attached hydrogens (tertiary/aromatic N) is 1. The van der Waals surface area contributed by atoms with Crippen molar-refractivity contribution in [2.45, 2.75) is 12.8 Å². The molecule has 0 unspecified atom stereocenters.